The summed E-state index contributed by atoms with van der Waals surface area (Å²) in [5, 5.41) is 10.5. The van der Waals surface area contributed by atoms with Crippen LogP contribution in [-0.4, -0.2) is 48.0 Å². The third-order valence-electron chi connectivity index (χ3n) is 3.66. The molecule has 1 saturated heterocycles. The second kappa shape index (κ2) is 5.88. The minimum Gasteiger partial charge on any atom is -0.391 e. The van der Waals surface area contributed by atoms with E-state index in [0.717, 1.165) is 35.5 Å². The lowest BCUT2D eigenvalue weighted by Gasteiger charge is -2.43. The Morgan fingerprint density at radius 1 is 1.44 bits per heavy atom. The Morgan fingerprint density at radius 3 is 2.67 bits per heavy atom. The minimum atomic E-state index is -0.398. The quantitative estimate of drug-likeness (QED) is 0.924. The number of ether oxygens (including phenoxy) is 1. The molecule has 0 saturated carbocycles. The summed E-state index contributed by atoms with van der Waals surface area (Å²) in [6, 6.07) is 3.88. The molecule has 0 aromatic carbocycles. The van der Waals surface area contributed by atoms with Gasteiger partial charge in [0.15, 0.2) is 0 Å². The van der Waals surface area contributed by atoms with Crippen LogP contribution in [0.3, 0.4) is 0 Å². The maximum atomic E-state index is 10.5. The Balaban J connectivity index is 1.99. The summed E-state index contributed by atoms with van der Waals surface area (Å²) in [6.45, 7) is 7.46. The van der Waals surface area contributed by atoms with Gasteiger partial charge in [-0.3, -0.25) is 4.90 Å². The second-order valence-corrected chi connectivity index (χ2v) is 6.98. The van der Waals surface area contributed by atoms with Crippen molar-refractivity contribution in [2.45, 2.75) is 31.9 Å². The molecule has 5 heteroatoms. The monoisotopic (exact) mass is 289 g/mol. The van der Waals surface area contributed by atoms with E-state index in [0.29, 0.717) is 6.42 Å². The van der Waals surface area contributed by atoms with Gasteiger partial charge in [0.25, 0.3) is 0 Å². The lowest BCUT2D eigenvalue weighted by atomic mass is 9.91. The van der Waals surface area contributed by atoms with Crippen LogP contribution in [0.1, 0.15) is 18.7 Å². The van der Waals surface area contributed by atoms with Crippen molar-refractivity contribution in [1.29, 1.82) is 0 Å². The molecule has 1 atom stereocenters. The Labute approximate surface area is 117 Å². The van der Waals surface area contributed by atoms with E-state index < -0.39 is 6.10 Å². The molecule has 1 aromatic rings. The smallest absolute Gasteiger partial charge is 0.0931 e. The van der Waals surface area contributed by atoms with Crippen LogP contribution >= 0.6 is 22.9 Å². The van der Waals surface area contributed by atoms with Crippen LogP contribution in [-0.2, 0) is 11.2 Å². The fourth-order valence-corrected chi connectivity index (χ4v) is 3.38. The van der Waals surface area contributed by atoms with Crippen molar-refractivity contribution in [3.05, 3.63) is 21.3 Å². The average Bonchev–Trinajstić information content (AvgIpc) is 2.76. The number of thiophene rings is 1. The zero-order valence-corrected chi connectivity index (χ0v) is 12.4. The molecule has 1 aromatic heterocycles. The fraction of sp³-hybridized carbons (Fsp3) is 0.692. The standard InChI is InChI=1S/C13H20ClNO2S/c1-13(2,15-5-7-17-8-6-15)11(16)9-10-3-4-12(14)18-10/h3-4,11,16H,5-9H2,1-2H3. The number of hydrogen-bond acceptors (Lipinski definition) is 4. The molecule has 2 rings (SSSR count). The molecular weight excluding hydrogens is 270 g/mol. The first-order chi connectivity index (χ1) is 8.50. The molecule has 1 unspecified atom stereocenters. The number of aliphatic hydroxyl groups is 1. The van der Waals surface area contributed by atoms with Crippen molar-refractivity contribution in [2.75, 3.05) is 26.3 Å². The zero-order valence-electron chi connectivity index (χ0n) is 10.9. The lowest BCUT2D eigenvalue weighted by Crippen LogP contribution is -2.56. The summed E-state index contributed by atoms with van der Waals surface area (Å²) in [5.41, 5.74) is -0.236. The van der Waals surface area contributed by atoms with Crippen molar-refractivity contribution in [2.24, 2.45) is 0 Å². The van der Waals surface area contributed by atoms with Crippen molar-refractivity contribution in [3.63, 3.8) is 0 Å². The van der Waals surface area contributed by atoms with E-state index in [9.17, 15) is 5.11 Å². The van der Waals surface area contributed by atoms with Crippen LogP contribution in [0, 0.1) is 0 Å². The molecule has 18 heavy (non-hydrogen) atoms. The number of nitrogens with zero attached hydrogens (tertiary/aromatic N) is 1. The normalized spacial score (nSPS) is 20.0. The maximum absolute atomic E-state index is 10.5. The minimum absolute atomic E-state index is 0.236. The molecule has 0 aliphatic carbocycles. The van der Waals surface area contributed by atoms with Gasteiger partial charge in [0.05, 0.1) is 23.7 Å². The van der Waals surface area contributed by atoms with Crippen LogP contribution < -0.4 is 0 Å². The van der Waals surface area contributed by atoms with Gasteiger partial charge in [-0.25, -0.2) is 0 Å². The summed E-state index contributed by atoms with van der Waals surface area (Å²) in [7, 11) is 0. The number of aliphatic hydroxyl groups excluding tert-OH is 1. The highest BCUT2D eigenvalue weighted by atomic mass is 35.5. The van der Waals surface area contributed by atoms with Crippen LogP contribution in [0.25, 0.3) is 0 Å². The molecule has 1 aliphatic heterocycles. The van der Waals surface area contributed by atoms with E-state index >= 15 is 0 Å². The highest BCUT2D eigenvalue weighted by molar-refractivity contribution is 7.16. The van der Waals surface area contributed by atoms with E-state index in [2.05, 4.69) is 18.7 Å². The van der Waals surface area contributed by atoms with Crippen molar-refractivity contribution in [1.82, 2.24) is 4.90 Å². The molecule has 0 bridgehead atoms. The van der Waals surface area contributed by atoms with Gasteiger partial charge >= 0.3 is 0 Å². The highest BCUT2D eigenvalue weighted by Gasteiger charge is 2.35. The summed E-state index contributed by atoms with van der Waals surface area (Å²) >= 11 is 7.46. The second-order valence-electron chi connectivity index (χ2n) is 5.18. The van der Waals surface area contributed by atoms with Gasteiger partial charge in [-0.05, 0) is 26.0 Å². The van der Waals surface area contributed by atoms with Gasteiger partial charge in [-0.15, -0.1) is 11.3 Å². The first-order valence-corrected chi connectivity index (χ1v) is 7.44. The number of morpholine rings is 1. The third-order valence-corrected chi connectivity index (χ3v) is 4.92. The van der Waals surface area contributed by atoms with Crippen LogP contribution in [0.5, 0.6) is 0 Å². The van der Waals surface area contributed by atoms with Crippen LogP contribution in [0.4, 0.5) is 0 Å². The van der Waals surface area contributed by atoms with Gasteiger partial charge < -0.3 is 9.84 Å². The summed E-state index contributed by atoms with van der Waals surface area (Å²) < 4.78 is 6.14. The molecule has 0 amide bonds. The van der Waals surface area contributed by atoms with Crippen molar-refractivity contribution < 1.29 is 9.84 Å². The third kappa shape index (κ3) is 3.25. The van der Waals surface area contributed by atoms with Crippen molar-refractivity contribution in [3.8, 4) is 0 Å². The van der Waals surface area contributed by atoms with Crippen molar-refractivity contribution >= 4 is 22.9 Å². The van der Waals surface area contributed by atoms with Gasteiger partial charge in [-0.2, -0.15) is 0 Å². The Hall–Kier alpha value is -0.130. The van der Waals surface area contributed by atoms with E-state index in [-0.39, 0.29) is 5.54 Å². The Kier molecular flexibility index (Phi) is 4.67. The number of hydrogen-bond donors (Lipinski definition) is 1. The number of halogens is 1. The molecule has 102 valence electrons. The van der Waals surface area contributed by atoms with Crippen LogP contribution in [0.2, 0.25) is 4.34 Å². The summed E-state index contributed by atoms with van der Waals surface area (Å²) in [6.07, 6.45) is 0.257. The van der Waals surface area contributed by atoms with E-state index in [4.69, 9.17) is 16.3 Å². The molecule has 3 nitrogen and oxygen atoms in total. The van der Waals surface area contributed by atoms with Crippen LogP contribution in [0.15, 0.2) is 12.1 Å². The van der Waals surface area contributed by atoms with E-state index in [1.54, 1.807) is 11.3 Å². The maximum Gasteiger partial charge on any atom is 0.0931 e. The Bertz CT molecular complexity index is 388. The van der Waals surface area contributed by atoms with E-state index in [1.165, 1.54) is 0 Å². The highest BCUT2D eigenvalue weighted by Crippen LogP contribution is 2.27. The predicted molar refractivity (Wildman–Crippen MR) is 75.5 cm³/mol. The molecule has 1 fully saturated rings. The average molecular weight is 290 g/mol. The molecule has 1 aliphatic rings. The van der Waals surface area contributed by atoms with Gasteiger partial charge in [0.1, 0.15) is 0 Å². The summed E-state index contributed by atoms with van der Waals surface area (Å²) in [4.78, 5) is 3.44. The summed E-state index contributed by atoms with van der Waals surface area (Å²) in [5.74, 6) is 0. The van der Waals surface area contributed by atoms with Gasteiger partial charge in [0.2, 0.25) is 0 Å². The fourth-order valence-electron chi connectivity index (χ4n) is 2.25. The van der Waals surface area contributed by atoms with Gasteiger partial charge in [-0.1, -0.05) is 11.6 Å². The first kappa shape index (κ1) is 14.3. The molecule has 0 spiro atoms. The Morgan fingerprint density at radius 2 is 2.11 bits per heavy atom. The zero-order chi connectivity index (χ0) is 13.2. The SMILES string of the molecule is CC(C)(C(O)Cc1ccc(Cl)s1)N1CCOCC1. The largest absolute Gasteiger partial charge is 0.391 e. The van der Waals surface area contributed by atoms with E-state index in [1.807, 2.05) is 12.1 Å². The molecule has 2 heterocycles. The first-order valence-electron chi connectivity index (χ1n) is 6.25. The molecule has 0 radical (unpaired) electrons. The lowest BCUT2D eigenvalue weighted by molar-refractivity contribution is -0.0609. The topological polar surface area (TPSA) is 32.7 Å². The van der Waals surface area contributed by atoms with Gasteiger partial charge in [0, 0.05) is 29.9 Å². The molecule has 1 N–H and O–H groups in total. The predicted octanol–water partition coefficient (Wildman–Crippen LogP) is 2.42. The molecular formula is C13H20ClNO2S. The number of rotatable bonds is 4.